The molecular weight excluding hydrogens is 306 g/mol. The first-order chi connectivity index (χ1) is 10.5. The molecule has 0 fully saturated rings. The highest BCUT2D eigenvalue weighted by molar-refractivity contribution is 6.30. The lowest BCUT2D eigenvalue weighted by Gasteiger charge is -2.17. The van der Waals surface area contributed by atoms with E-state index in [0.29, 0.717) is 5.92 Å². The van der Waals surface area contributed by atoms with E-state index >= 15 is 0 Å². The van der Waals surface area contributed by atoms with Gasteiger partial charge in [0.15, 0.2) is 0 Å². The SMILES string of the molecule is CCCCC(Cn1ccnc1)c1ccc(Cl)cc1.O=[N+]([O-])O. The van der Waals surface area contributed by atoms with Crippen LogP contribution in [0.15, 0.2) is 43.0 Å². The average Bonchev–Trinajstić information content (AvgIpc) is 2.97. The second-order valence-electron chi connectivity index (χ2n) is 4.89. The van der Waals surface area contributed by atoms with Crippen LogP contribution < -0.4 is 0 Å². The van der Waals surface area contributed by atoms with Crippen molar-refractivity contribution >= 4 is 11.6 Å². The summed E-state index contributed by atoms with van der Waals surface area (Å²) in [4.78, 5) is 12.5. The maximum absolute atomic E-state index is 8.36. The molecule has 1 N–H and O–H groups in total. The first-order valence-corrected chi connectivity index (χ1v) is 7.45. The zero-order valence-electron chi connectivity index (χ0n) is 12.4. The van der Waals surface area contributed by atoms with Gasteiger partial charge in [-0.15, -0.1) is 10.1 Å². The van der Waals surface area contributed by atoms with Gasteiger partial charge in [-0.25, -0.2) is 4.98 Å². The van der Waals surface area contributed by atoms with Crippen molar-refractivity contribution in [3.8, 4) is 0 Å². The number of halogens is 1. The Kier molecular flexibility index (Phi) is 7.99. The van der Waals surface area contributed by atoms with Gasteiger partial charge in [-0.05, 0) is 24.1 Å². The van der Waals surface area contributed by atoms with Gasteiger partial charge in [0.25, 0.3) is 5.09 Å². The monoisotopic (exact) mass is 325 g/mol. The number of nitrogens with zero attached hydrogens (tertiary/aromatic N) is 3. The standard InChI is InChI=1S/C15H19ClN2.HNO3/c1-2-3-4-14(11-18-10-9-17-12-18)13-5-7-15(16)8-6-13;2-1(3)4/h5-10,12,14H,2-4,11H2,1H3;(H,2,3,4). The first-order valence-electron chi connectivity index (χ1n) is 7.07. The van der Waals surface area contributed by atoms with E-state index in [4.69, 9.17) is 26.9 Å². The Bertz CT molecular complexity index is 540. The molecule has 120 valence electrons. The van der Waals surface area contributed by atoms with Crippen molar-refractivity contribution in [3.05, 3.63) is 63.7 Å². The third-order valence-corrected chi connectivity index (χ3v) is 3.49. The highest BCUT2D eigenvalue weighted by atomic mass is 35.5. The molecule has 2 aromatic rings. The molecule has 1 heterocycles. The van der Waals surface area contributed by atoms with Crippen LogP contribution in [-0.2, 0) is 6.54 Å². The van der Waals surface area contributed by atoms with Crippen molar-refractivity contribution < 1.29 is 10.3 Å². The van der Waals surface area contributed by atoms with Gasteiger partial charge in [0.05, 0.1) is 6.33 Å². The molecule has 0 bridgehead atoms. The fourth-order valence-corrected chi connectivity index (χ4v) is 2.32. The van der Waals surface area contributed by atoms with E-state index in [-0.39, 0.29) is 0 Å². The summed E-state index contributed by atoms with van der Waals surface area (Å²) in [6.07, 6.45) is 9.43. The predicted octanol–water partition coefficient (Wildman–Crippen LogP) is 4.16. The van der Waals surface area contributed by atoms with E-state index in [1.165, 1.54) is 24.8 Å². The predicted molar refractivity (Wildman–Crippen MR) is 84.7 cm³/mol. The Balaban J connectivity index is 0.000000541. The van der Waals surface area contributed by atoms with Gasteiger partial charge in [0, 0.05) is 29.9 Å². The van der Waals surface area contributed by atoms with Crippen molar-refractivity contribution in [1.29, 1.82) is 0 Å². The van der Waals surface area contributed by atoms with Crippen LogP contribution in [0.25, 0.3) is 0 Å². The second kappa shape index (κ2) is 9.78. The minimum atomic E-state index is -1.50. The number of unbranched alkanes of at least 4 members (excludes halogenated alkanes) is 1. The molecule has 0 aliphatic carbocycles. The quantitative estimate of drug-likeness (QED) is 0.638. The molecule has 6 nitrogen and oxygen atoms in total. The van der Waals surface area contributed by atoms with E-state index in [1.54, 1.807) is 0 Å². The number of benzene rings is 1. The van der Waals surface area contributed by atoms with E-state index in [0.717, 1.165) is 11.6 Å². The second-order valence-corrected chi connectivity index (χ2v) is 5.32. The summed E-state index contributed by atoms with van der Waals surface area (Å²) in [5.41, 5.74) is 1.36. The summed E-state index contributed by atoms with van der Waals surface area (Å²) in [7, 11) is 0. The fourth-order valence-electron chi connectivity index (χ4n) is 2.20. The molecule has 0 saturated heterocycles. The van der Waals surface area contributed by atoms with Crippen LogP contribution in [0.4, 0.5) is 0 Å². The molecular formula is C15H20ClN3O3. The zero-order chi connectivity index (χ0) is 16.4. The molecule has 0 aliphatic rings. The molecule has 0 aliphatic heterocycles. The van der Waals surface area contributed by atoms with Gasteiger partial charge in [-0.3, -0.25) is 0 Å². The molecule has 0 saturated carbocycles. The van der Waals surface area contributed by atoms with Crippen molar-refractivity contribution in [2.45, 2.75) is 38.6 Å². The summed E-state index contributed by atoms with van der Waals surface area (Å²) in [6, 6.07) is 8.23. The summed E-state index contributed by atoms with van der Waals surface area (Å²) >= 11 is 5.95. The zero-order valence-corrected chi connectivity index (χ0v) is 13.2. The molecule has 1 aromatic heterocycles. The molecule has 0 amide bonds. The van der Waals surface area contributed by atoms with Gasteiger partial charge in [0.2, 0.25) is 0 Å². The van der Waals surface area contributed by atoms with Gasteiger partial charge >= 0.3 is 0 Å². The Morgan fingerprint density at radius 3 is 2.55 bits per heavy atom. The summed E-state index contributed by atoms with van der Waals surface area (Å²) in [5, 5.41) is 14.4. The third-order valence-electron chi connectivity index (χ3n) is 3.24. The topological polar surface area (TPSA) is 81.2 Å². The van der Waals surface area contributed by atoms with Gasteiger partial charge in [0.1, 0.15) is 0 Å². The normalized spacial score (nSPS) is 11.4. The van der Waals surface area contributed by atoms with Crippen molar-refractivity contribution in [1.82, 2.24) is 9.55 Å². The Morgan fingerprint density at radius 2 is 2.05 bits per heavy atom. The molecule has 1 atom stereocenters. The Hall–Kier alpha value is -2.08. The first kappa shape index (κ1) is 18.0. The van der Waals surface area contributed by atoms with Crippen molar-refractivity contribution in [2.75, 3.05) is 0 Å². The number of rotatable bonds is 6. The highest BCUT2D eigenvalue weighted by Gasteiger charge is 2.11. The lowest BCUT2D eigenvalue weighted by molar-refractivity contribution is -0.742. The van der Waals surface area contributed by atoms with Crippen LogP contribution in [0, 0.1) is 10.1 Å². The van der Waals surface area contributed by atoms with Gasteiger partial charge in [-0.1, -0.05) is 43.5 Å². The largest absolute Gasteiger partial charge is 0.337 e. The average molecular weight is 326 g/mol. The summed E-state index contributed by atoms with van der Waals surface area (Å²) < 4.78 is 2.15. The van der Waals surface area contributed by atoms with Gasteiger partial charge in [-0.2, -0.15) is 0 Å². The van der Waals surface area contributed by atoms with Crippen LogP contribution in [-0.4, -0.2) is 19.8 Å². The smallest absolute Gasteiger partial charge is 0.291 e. The molecule has 22 heavy (non-hydrogen) atoms. The van der Waals surface area contributed by atoms with E-state index in [9.17, 15) is 0 Å². The van der Waals surface area contributed by atoms with E-state index in [1.807, 2.05) is 30.9 Å². The molecule has 0 spiro atoms. The summed E-state index contributed by atoms with van der Waals surface area (Å²) in [6.45, 7) is 3.22. The van der Waals surface area contributed by atoms with Crippen LogP contribution in [0.5, 0.6) is 0 Å². The maximum atomic E-state index is 8.36. The third kappa shape index (κ3) is 7.08. The Morgan fingerprint density at radius 1 is 1.41 bits per heavy atom. The van der Waals surface area contributed by atoms with Crippen LogP contribution in [0.1, 0.15) is 37.7 Å². The molecule has 0 radical (unpaired) electrons. The Labute approximate surface area is 134 Å². The minimum absolute atomic E-state index is 0.538. The maximum Gasteiger partial charge on any atom is 0.291 e. The number of hydrogen-bond donors (Lipinski definition) is 1. The van der Waals surface area contributed by atoms with E-state index in [2.05, 4.69) is 28.6 Å². The summed E-state index contributed by atoms with van der Waals surface area (Å²) in [5.74, 6) is 0.538. The number of imidazole rings is 1. The van der Waals surface area contributed by atoms with Crippen LogP contribution >= 0.6 is 11.6 Å². The highest BCUT2D eigenvalue weighted by Crippen LogP contribution is 2.25. The lowest BCUT2D eigenvalue weighted by atomic mass is 9.93. The van der Waals surface area contributed by atoms with Crippen LogP contribution in [0.3, 0.4) is 0 Å². The van der Waals surface area contributed by atoms with Crippen LogP contribution in [0.2, 0.25) is 5.02 Å². The van der Waals surface area contributed by atoms with E-state index < -0.39 is 5.09 Å². The lowest BCUT2D eigenvalue weighted by Crippen LogP contribution is -2.08. The minimum Gasteiger partial charge on any atom is -0.337 e. The molecule has 7 heteroatoms. The number of hydrogen-bond acceptors (Lipinski definition) is 3. The van der Waals surface area contributed by atoms with Crippen molar-refractivity contribution in [2.24, 2.45) is 0 Å². The van der Waals surface area contributed by atoms with Gasteiger partial charge < -0.3 is 9.77 Å². The molecule has 1 unspecified atom stereocenters. The number of aromatic nitrogens is 2. The molecule has 2 rings (SSSR count). The van der Waals surface area contributed by atoms with Crippen molar-refractivity contribution in [3.63, 3.8) is 0 Å². The fraction of sp³-hybridized carbons (Fsp3) is 0.400. The molecule has 1 aromatic carbocycles.